The van der Waals surface area contributed by atoms with Gasteiger partial charge in [0.2, 0.25) is 0 Å². The maximum Gasteiger partial charge on any atom is 0.274 e. The van der Waals surface area contributed by atoms with Gasteiger partial charge in [-0.3, -0.25) is 4.79 Å². The summed E-state index contributed by atoms with van der Waals surface area (Å²) in [4.78, 5) is 29.1. The molecule has 0 unspecified atom stereocenters. The van der Waals surface area contributed by atoms with Crippen LogP contribution in [0.1, 0.15) is 64.6 Å². The summed E-state index contributed by atoms with van der Waals surface area (Å²) in [5.41, 5.74) is 5.44. The van der Waals surface area contributed by atoms with Crippen molar-refractivity contribution >= 4 is 11.6 Å². The third kappa shape index (κ3) is 5.10. The fourth-order valence-corrected chi connectivity index (χ4v) is 4.28. The number of nitrogens with zero attached hydrogens (tertiary/aromatic N) is 5. The van der Waals surface area contributed by atoms with Crippen LogP contribution in [0.25, 0.3) is 5.65 Å². The molecular formula is C24H32N6O. The average Bonchev–Trinajstić information content (AvgIpc) is 2.89. The molecule has 0 bridgehead atoms. The number of hydrogen-bond acceptors (Lipinski definition) is 5. The van der Waals surface area contributed by atoms with Crippen molar-refractivity contribution in [2.24, 2.45) is 0 Å². The third-order valence-electron chi connectivity index (χ3n) is 5.82. The lowest BCUT2D eigenvalue weighted by Gasteiger charge is -2.19. The quantitative estimate of drug-likeness (QED) is 0.619. The molecule has 3 aromatic heterocycles. The monoisotopic (exact) mass is 420 g/mol. The molecule has 1 N–H and O–H groups in total. The van der Waals surface area contributed by atoms with Crippen molar-refractivity contribution in [3.05, 3.63) is 58.6 Å². The van der Waals surface area contributed by atoms with Crippen molar-refractivity contribution in [1.29, 1.82) is 0 Å². The fourth-order valence-electron chi connectivity index (χ4n) is 4.28. The van der Waals surface area contributed by atoms with E-state index in [0.29, 0.717) is 12.2 Å². The molecule has 1 aliphatic heterocycles. The Hall–Kier alpha value is -2.80. The number of rotatable bonds is 6. The summed E-state index contributed by atoms with van der Waals surface area (Å²) < 4.78 is 2.04. The summed E-state index contributed by atoms with van der Waals surface area (Å²) in [6, 6.07) is 6.08. The second-order valence-electron chi connectivity index (χ2n) is 8.54. The molecule has 164 valence electrons. The van der Waals surface area contributed by atoms with Crippen molar-refractivity contribution in [3.8, 4) is 0 Å². The predicted octanol–water partition coefficient (Wildman–Crippen LogP) is 3.40. The third-order valence-corrected chi connectivity index (χ3v) is 5.82. The van der Waals surface area contributed by atoms with Crippen LogP contribution in [0, 0.1) is 20.8 Å². The van der Waals surface area contributed by atoms with E-state index >= 15 is 0 Å². The predicted molar refractivity (Wildman–Crippen MR) is 121 cm³/mol. The number of likely N-dealkylation sites (tertiary alicyclic amines) is 1. The number of amides is 1. The van der Waals surface area contributed by atoms with Gasteiger partial charge in [0.25, 0.3) is 5.91 Å². The van der Waals surface area contributed by atoms with Crippen LogP contribution in [0.15, 0.2) is 24.4 Å². The highest BCUT2D eigenvalue weighted by atomic mass is 16.2. The molecule has 0 spiro atoms. The Morgan fingerprint density at radius 1 is 1.00 bits per heavy atom. The SMILES string of the molecule is Cc1ccn2c(CNCCc3nc(C)cc(C)n3)c(C(=O)N3CCCCCC3)nc2c1. The van der Waals surface area contributed by atoms with Crippen LogP contribution < -0.4 is 5.32 Å². The Morgan fingerprint density at radius 2 is 1.71 bits per heavy atom. The smallest absolute Gasteiger partial charge is 0.274 e. The van der Waals surface area contributed by atoms with Gasteiger partial charge in [0.05, 0.1) is 5.69 Å². The molecule has 0 saturated carbocycles. The zero-order valence-electron chi connectivity index (χ0n) is 18.8. The average molecular weight is 421 g/mol. The van der Waals surface area contributed by atoms with E-state index in [2.05, 4.69) is 21.4 Å². The van der Waals surface area contributed by atoms with Gasteiger partial charge in [-0.1, -0.05) is 12.8 Å². The van der Waals surface area contributed by atoms with Crippen LogP contribution in [0.2, 0.25) is 0 Å². The van der Waals surface area contributed by atoms with E-state index in [0.717, 1.165) is 73.0 Å². The minimum Gasteiger partial charge on any atom is -0.337 e. The molecule has 7 heteroatoms. The number of carbonyl (C=O) groups excluding carboxylic acids is 1. The van der Waals surface area contributed by atoms with Gasteiger partial charge in [-0.25, -0.2) is 15.0 Å². The zero-order chi connectivity index (χ0) is 21.8. The van der Waals surface area contributed by atoms with Crippen LogP contribution in [0.3, 0.4) is 0 Å². The van der Waals surface area contributed by atoms with E-state index < -0.39 is 0 Å². The highest BCUT2D eigenvalue weighted by Crippen LogP contribution is 2.19. The number of nitrogens with one attached hydrogen (secondary N) is 1. The standard InChI is InChI=1S/C24H32N6O/c1-17-9-13-30-20(16-25-10-8-21-26-18(2)15-19(3)27-21)23(28-22(30)14-17)24(31)29-11-6-4-5-7-12-29/h9,13-15,25H,4-8,10-12,16H2,1-3H3. The molecule has 31 heavy (non-hydrogen) atoms. The van der Waals surface area contributed by atoms with Crippen LogP contribution in [-0.2, 0) is 13.0 Å². The molecule has 4 rings (SSSR count). The van der Waals surface area contributed by atoms with E-state index in [1.165, 1.54) is 12.8 Å². The molecule has 0 aliphatic carbocycles. The van der Waals surface area contributed by atoms with Crippen molar-refractivity contribution < 1.29 is 4.79 Å². The van der Waals surface area contributed by atoms with Gasteiger partial charge in [-0.05, 0) is 57.4 Å². The van der Waals surface area contributed by atoms with E-state index in [1.807, 2.05) is 48.4 Å². The first kappa shape index (κ1) is 21.4. The Labute approximate surface area is 183 Å². The topological polar surface area (TPSA) is 75.4 Å². The lowest BCUT2D eigenvalue weighted by molar-refractivity contribution is 0.0755. The van der Waals surface area contributed by atoms with E-state index in [1.54, 1.807) is 0 Å². The Kier molecular flexibility index (Phi) is 6.61. The van der Waals surface area contributed by atoms with Gasteiger partial charge < -0.3 is 14.6 Å². The first-order chi connectivity index (χ1) is 15.0. The number of fused-ring (bicyclic) bond motifs is 1. The Bertz CT molecular complexity index is 1050. The van der Waals surface area contributed by atoms with Gasteiger partial charge in [-0.2, -0.15) is 0 Å². The summed E-state index contributed by atoms with van der Waals surface area (Å²) in [7, 11) is 0. The largest absolute Gasteiger partial charge is 0.337 e. The summed E-state index contributed by atoms with van der Waals surface area (Å²) in [5, 5.41) is 3.48. The van der Waals surface area contributed by atoms with Crippen molar-refractivity contribution in [2.75, 3.05) is 19.6 Å². The highest BCUT2D eigenvalue weighted by Gasteiger charge is 2.24. The van der Waals surface area contributed by atoms with E-state index in [-0.39, 0.29) is 5.91 Å². The number of pyridine rings is 1. The molecule has 3 aromatic rings. The van der Waals surface area contributed by atoms with Crippen molar-refractivity contribution in [3.63, 3.8) is 0 Å². The number of imidazole rings is 1. The van der Waals surface area contributed by atoms with Crippen LogP contribution in [-0.4, -0.2) is 49.8 Å². The van der Waals surface area contributed by atoms with Crippen LogP contribution in [0.4, 0.5) is 0 Å². The number of carbonyl (C=O) groups is 1. The molecule has 0 atom stereocenters. The molecule has 1 amide bonds. The summed E-state index contributed by atoms with van der Waals surface area (Å²) in [6.45, 7) is 8.99. The first-order valence-electron chi connectivity index (χ1n) is 11.3. The summed E-state index contributed by atoms with van der Waals surface area (Å²) in [6.07, 6.45) is 7.30. The van der Waals surface area contributed by atoms with Gasteiger partial charge in [0.1, 0.15) is 11.5 Å². The van der Waals surface area contributed by atoms with Gasteiger partial charge >= 0.3 is 0 Å². The summed E-state index contributed by atoms with van der Waals surface area (Å²) in [5.74, 6) is 0.900. The number of aryl methyl sites for hydroxylation is 3. The highest BCUT2D eigenvalue weighted by molar-refractivity contribution is 5.94. The number of aromatic nitrogens is 4. The van der Waals surface area contributed by atoms with Crippen LogP contribution in [0.5, 0.6) is 0 Å². The van der Waals surface area contributed by atoms with Gasteiger partial charge in [0.15, 0.2) is 5.69 Å². The molecule has 1 saturated heterocycles. The lowest BCUT2D eigenvalue weighted by Crippen LogP contribution is -2.33. The van der Waals surface area contributed by atoms with Gasteiger partial charge in [0, 0.05) is 50.2 Å². The maximum absolute atomic E-state index is 13.4. The molecule has 4 heterocycles. The molecule has 7 nitrogen and oxygen atoms in total. The number of hydrogen-bond donors (Lipinski definition) is 1. The minimum atomic E-state index is 0.0534. The second-order valence-corrected chi connectivity index (χ2v) is 8.54. The lowest BCUT2D eigenvalue weighted by atomic mass is 10.2. The fraction of sp³-hybridized carbons (Fsp3) is 0.500. The molecule has 1 aliphatic rings. The molecule has 0 aromatic carbocycles. The second kappa shape index (κ2) is 9.56. The molecule has 0 radical (unpaired) electrons. The van der Waals surface area contributed by atoms with E-state index in [9.17, 15) is 4.79 Å². The Balaban J connectivity index is 1.52. The van der Waals surface area contributed by atoms with Crippen molar-refractivity contribution in [1.82, 2.24) is 29.6 Å². The summed E-state index contributed by atoms with van der Waals surface area (Å²) >= 11 is 0. The Morgan fingerprint density at radius 3 is 2.42 bits per heavy atom. The maximum atomic E-state index is 13.4. The first-order valence-corrected chi connectivity index (χ1v) is 11.3. The normalized spacial score (nSPS) is 14.7. The van der Waals surface area contributed by atoms with Crippen molar-refractivity contribution in [2.45, 2.75) is 59.4 Å². The minimum absolute atomic E-state index is 0.0534. The molecule has 1 fully saturated rings. The van der Waals surface area contributed by atoms with Gasteiger partial charge in [-0.15, -0.1) is 0 Å². The van der Waals surface area contributed by atoms with E-state index in [4.69, 9.17) is 4.98 Å². The van der Waals surface area contributed by atoms with Crippen LogP contribution >= 0.6 is 0 Å². The zero-order valence-corrected chi connectivity index (χ0v) is 18.8. The molecular weight excluding hydrogens is 388 g/mol.